The summed E-state index contributed by atoms with van der Waals surface area (Å²) in [5.41, 5.74) is 0. The molecule has 4 unspecified atom stereocenters. The third-order valence-electron chi connectivity index (χ3n) is 14.4. The van der Waals surface area contributed by atoms with Gasteiger partial charge in [0.2, 0.25) is 0 Å². The van der Waals surface area contributed by atoms with Crippen LogP contribution in [-0.4, -0.2) is 96.7 Å². The molecule has 19 heteroatoms. The lowest BCUT2D eigenvalue weighted by Crippen LogP contribution is -2.30. The fraction of sp³-hybridized carbons (Fsp3) is 0.935. The largest absolute Gasteiger partial charge is 0.472 e. The van der Waals surface area contributed by atoms with E-state index in [2.05, 4.69) is 55.4 Å². The summed E-state index contributed by atoms with van der Waals surface area (Å²) in [4.78, 5) is 72.1. The third-order valence-corrected chi connectivity index (χ3v) is 16.3. The van der Waals surface area contributed by atoms with Crippen LogP contribution in [0, 0.1) is 23.7 Å². The van der Waals surface area contributed by atoms with Crippen molar-refractivity contribution in [2.45, 2.75) is 311 Å². The quantitative estimate of drug-likeness (QED) is 0.0222. The third kappa shape index (κ3) is 55.7. The summed E-state index contributed by atoms with van der Waals surface area (Å²) in [6.45, 7) is 13.9. The molecule has 0 bridgehead atoms. The van der Waals surface area contributed by atoms with Crippen molar-refractivity contribution in [1.29, 1.82) is 0 Å². The molecule has 0 rings (SSSR count). The highest BCUT2D eigenvalue weighted by Gasteiger charge is 2.30. The Labute approximate surface area is 492 Å². The van der Waals surface area contributed by atoms with Gasteiger partial charge in [0.1, 0.15) is 19.3 Å². The van der Waals surface area contributed by atoms with E-state index in [4.69, 9.17) is 37.0 Å². The molecular weight excluding hydrogens is 1080 g/mol. The number of phosphoric ester groups is 2. The van der Waals surface area contributed by atoms with Crippen molar-refractivity contribution < 1.29 is 80.2 Å². The number of aliphatic hydroxyl groups is 1. The van der Waals surface area contributed by atoms with Crippen molar-refractivity contribution in [2.24, 2.45) is 23.7 Å². The molecule has 0 amide bonds. The van der Waals surface area contributed by atoms with Crippen LogP contribution in [0.25, 0.3) is 0 Å². The van der Waals surface area contributed by atoms with Crippen LogP contribution in [0.4, 0.5) is 0 Å². The van der Waals surface area contributed by atoms with E-state index in [-0.39, 0.29) is 25.7 Å². The molecule has 17 nitrogen and oxygen atoms in total. The lowest BCUT2D eigenvalue weighted by atomic mass is 10.00. The zero-order valence-corrected chi connectivity index (χ0v) is 54.2. The van der Waals surface area contributed by atoms with Crippen molar-refractivity contribution in [3.05, 3.63) is 0 Å². The first-order valence-electron chi connectivity index (χ1n) is 32.2. The fourth-order valence-corrected chi connectivity index (χ4v) is 10.6. The number of unbranched alkanes of at least 4 members (excludes halogenated alkanes) is 24. The molecule has 6 atom stereocenters. The molecule has 480 valence electrons. The van der Waals surface area contributed by atoms with Gasteiger partial charge >= 0.3 is 39.5 Å². The normalized spacial score (nSPS) is 14.8. The first kappa shape index (κ1) is 79.1. The summed E-state index contributed by atoms with van der Waals surface area (Å²) < 4.78 is 67.9. The number of carbonyl (C=O) groups is 4. The molecule has 0 spiro atoms. The smallest absolute Gasteiger partial charge is 0.462 e. The maximum atomic E-state index is 12.9. The van der Waals surface area contributed by atoms with Crippen molar-refractivity contribution >= 4 is 39.5 Å². The van der Waals surface area contributed by atoms with Crippen molar-refractivity contribution in [3.63, 3.8) is 0 Å². The number of hydrogen-bond donors (Lipinski definition) is 3. The van der Waals surface area contributed by atoms with Crippen LogP contribution in [0.15, 0.2) is 0 Å². The Morgan fingerprint density at radius 1 is 0.346 bits per heavy atom. The fourth-order valence-electron chi connectivity index (χ4n) is 9.04. The van der Waals surface area contributed by atoms with Gasteiger partial charge in [-0.1, -0.05) is 242 Å². The Balaban J connectivity index is 5.25. The van der Waals surface area contributed by atoms with E-state index < -0.39 is 97.5 Å². The standard InChI is InChI=1S/C62H120O17P2/c1-9-55(8)41-33-25-19-21-29-37-45-62(67)79-58(48-72-59(64)42-34-26-16-12-10-14-22-30-38-52(2)3)51-77-81(70,71)75-47-56(63)46-74-80(68,69)76-50-57(49-73-60(65)43-35-27-20-18-24-32-40-54(6)7)78-61(66)44-36-28-17-13-11-15-23-31-39-53(4)5/h52-58,63H,9-51H2,1-8H3,(H,68,69)(H,70,71)/t55?,56?,57-,58-/m1/s1. The monoisotopic (exact) mass is 1200 g/mol. The number of phosphoric acid groups is 2. The van der Waals surface area contributed by atoms with Gasteiger partial charge < -0.3 is 33.8 Å². The number of aliphatic hydroxyl groups excluding tert-OH is 1. The minimum atomic E-state index is -4.94. The predicted octanol–water partition coefficient (Wildman–Crippen LogP) is 16.6. The highest BCUT2D eigenvalue weighted by Crippen LogP contribution is 2.45. The average Bonchev–Trinajstić information content (AvgIpc) is 3.41. The van der Waals surface area contributed by atoms with Crippen LogP contribution in [0.3, 0.4) is 0 Å². The van der Waals surface area contributed by atoms with Crippen molar-refractivity contribution in [2.75, 3.05) is 39.6 Å². The lowest BCUT2D eigenvalue weighted by molar-refractivity contribution is -0.161. The Morgan fingerprint density at radius 3 is 0.877 bits per heavy atom. The van der Waals surface area contributed by atoms with E-state index in [9.17, 15) is 43.2 Å². The maximum absolute atomic E-state index is 12.9. The second-order valence-electron chi connectivity index (χ2n) is 24.1. The van der Waals surface area contributed by atoms with Gasteiger partial charge in [-0.2, -0.15) is 0 Å². The van der Waals surface area contributed by atoms with E-state index in [1.165, 1.54) is 89.9 Å². The molecule has 0 saturated carbocycles. The summed E-state index contributed by atoms with van der Waals surface area (Å²) in [6.07, 6.45) is 31.0. The highest BCUT2D eigenvalue weighted by atomic mass is 31.2. The number of esters is 4. The number of hydrogen-bond acceptors (Lipinski definition) is 15. The van der Waals surface area contributed by atoms with Gasteiger partial charge in [0.05, 0.1) is 26.4 Å². The average molecular weight is 1200 g/mol. The zero-order chi connectivity index (χ0) is 60.4. The minimum absolute atomic E-state index is 0.101. The van der Waals surface area contributed by atoms with E-state index in [1.54, 1.807) is 0 Å². The van der Waals surface area contributed by atoms with E-state index >= 15 is 0 Å². The molecule has 0 radical (unpaired) electrons. The Morgan fingerprint density at radius 2 is 0.593 bits per heavy atom. The van der Waals surface area contributed by atoms with Gasteiger partial charge in [-0.3, -0.25) is 37.3 Å². The summed E-state index contributed by atoms with van der Waals surface area (Å²) in [6, 6.07) is 0. The summed E-state index contributed by atoms with van der Waals surface area (Å²) >= 11 is 0. The SMILES string of the molecule is CCC(C)CCCCCCCCC(=O)O[C@H](COC(=O)CCCCCCCCCCC(C)C)COP(=O)(O)OCC(O)COP(=O)(O)OC[C@@H](COC(=O)CCCCCCCCC(C)C)OC(=O)CCCCCCCCCCC(C)C. The first-order chi connectivity index (χ1) is 38.6. The van der Waals surface area contributed by atoms with E-state index in [0.29, 0.717) is 31.6 Å². The molecule has 0 saturated heterocycles. The van der Waals surface area contributed by atoms with Crippen LogP contribution < -0.4 is 0 Å². The van der Waals surface area contributed by atoms with Gasteiger partial charge in [-0.25, -0.2) is 9.13 Å². The van der Waals surface area contributed by atoms with Crippen molar-refractivity contribution in [1.82, 2.24) is 0 Å². The number of ether oxygens (including phenoxy) is 4. The Kier molecular flexibility index (Phi) is 51.1. The number of rotatable bonds is 59. The minimum Gasteiger partial charge on any atom is -0.462 e. The maximum Gasteiger partial charge on any atom is 0.472 e. The van der Waals surface area contributed by atoms with Crippen LogP contribution >= 0.6 is 15.6 Å². The molecule has 3 N–H and O–H groups in total. The van der Waals surface area contributed by atoms with E-state index in [0.717, 1.165) is 114 Å². The zero-order valence-electron chi connectivity index (χ0n) is 52.4. The lowest BCUT2D eigenvalue weighted by Gasteiger charge is -2.21. The van der Waals surface area contributed by atoms with Gasteiger partial charge in [0.25, 0.3) is 0 Å². The van der Waals surface area contributed by atoms with Gasteiger partial charge in [0.15, 0.2) is 12.2 Å². The second kappa shape index (κ2) is 52.4. The van der Waals surface area contributed by atoms with Gasteiger partial charge in [-0.05, 0) is 49.4 Å². The topological polar surface area (TPSA) is 237 Å². The molecular formula is C62H120O17P2. The van der Waals surface area contributed by atoms with E-state index in [1.807, 2.05) is 0 Å². The molecule has 81 heavy (non-hydrogen) atoms. The number of carbonyl (C=O) groups excluding carboxylic acids is 4. The van der Waals surface area contributed by atoms with Crippen LogP contribution in [-0.2, 0) is 65.4 Å². The Bertz CT molecular complexity index is 1630. The first-order valence-corrected chi connectivity index (χ1v) is 35.2. The highest BCUT2D eigenvalue weighted by molar-refractivity contribution is 7.47. The molecule has 0 aromatic rings. The predicted molar refractivity (Wildman–Crippen MR) is 321 cm³/mol. The molecule has 0 fully saturated rings. The van der Waals surface area contributed by atoms with Gasteiger partial charge in [-0.15, -0.1) is 0 Å². The van der Waals surface area contributed by atoms with Crippen LogP contribution in [0.1, 0.15) is 293 Å². The van der Waals surface area contributed by atoms with Gasteiger partial charge in [0, 0.05) is 25.7 Å². The molecule has 0 aromatic carbocycles. The van der Waals surface area contributed by atoms with Crippen LogP contribution in [0.2, 0.25) is 0 Å². The van der Waals surface area contributed by atoms with Crippen LogP contribution in [0.5, 0.6) is 0 Å². The Hall–Kier alpha value is -1.94. The molecule has 0 heterocycles. The molecule has 0 aromatic heterocycles. The summed E-state index contributed by atoms with van der Waals surface area (Å²) in [5, 5.41) is 10.5. The summed E-state index contributed by atoms with van der Waals surface area (Å²) in [5.74, 6) is 0.697. The second-order valence-corrected chi connectivity index (χ2v) is 27.0. The molecule has 0 aliphatic rings. The molecule has 0 aliphatic heterocycles. The van der Waals surface area contributed by atoms with Crippen molar-refractivity contribution in [3.8, 4) is 0 Å². The summed E-state index contributed by atoms with van der Waals surface area (Å²) in [7, 11) is -9.88. The molecule has 0 aliphatic carbocycles.